The zero-order valence-corrected chi connectivity index (χ0v) is 20.4. The van der Waals surface area contributed by atoms with Crippen LogP contribution in [0.1, 0.15) is 91.9 Å². The average molecular weight is 449 g/mol. The number of hydrogen-bond acceptors (Lipinski definition) is 5. The van der Waals surface area contributed by atoms with E-state index in [0.717, 1.165) is 24.2 Å². The van der Waals surface area contributed by atoms with Crippen molar-refractivity contribution in [3.63, 3.8) is 0 Å². The van der Waals surface area contributed by atoms with E-state index in [2.05, 4.69) is 45.2 Å². The van der Waals surface area contributed by atoms with E-state index < -0.39 is 11.6 Å². The highest BCUT2D eigenvalue weighted by molar-refractivity contribution is 5.38. The van der Waals surface area contributed by atoms with E-state index in [9.17, 15) is 15.3 Å². The van der Waals surface area contributed by atoms with Gasteiger partial charge in [-0.1, -0.05) is 71.3 Å². The van der Waals surface area contributed by atoms with E-state index in [-0.39, 0.29) is 12.8 Å². The Morgan fingerprint density at radius 1 is 1.09 bits per heavy atom. The van der Waals surface area contributed by atoms with Gasteiger partial charge in [-0.05, 0) is 72.3 Å². The lowest BCUT2D eigenvalue weighted by Crippen LogP contribution is -2.58. The predicted octanol–water partition coefficient (Wildman–Crippen LogP) is 5.73. The van der Waals surface area contributed by atoms with Crippen LogP contribution in [-0.4, -0.2) is 32.2 Å². The Bertz CT molecular complexity index is 751. The molecule has 0 saturated heterocycles. The summed E-state index contributed by atoms with van der Waals surface area (Å²) in [6.45, 7) is 13.5. The number of aliphatic hydroxyl groups is 3. The van der Waals surface area contributed by atoms with Gasteiger partial charge in [0.15, 0.2) is 0 Å². The lowest BCUT2D eigenvalue weighted by molar-refractivity contribution is -0.472. The summed E-state index contributed by atoms with van der Waals surface area (Å²) in [5, 5.41) is 39.5. The first-order valence-corrected chi connectivity index (χ1v) is 12.5. The molecular formula is C27H44O5. The van der Waals surface area contributed by atoms with Gasteiger partial charge >= 0.3 is 0 Å². The van der Waals surface area contributed by atoms with Crippen LogP contribution in [0.4, 0.5) is 0 Å². The summed E-state index contributed by atoms with van der Waals surface area (Å²) in [6, 6.07) is 0. The molecule has 0 aromatic rings. The standard InChI is InChI=1S/C27H44O5/c1-18(2)8-6-9-19(3)23-13-14-24-21(10-7-15-25(23,24)5)11-12-22-17-27(30,32-31)26(28,29)16-20(22)4/h11-12,18-19,23-24,28-31H,4,6-10,13-17H2,1-3,5H3/t19-,23-,24?,25-,27-/m1/s1. The van der Waals surface area contributed by atoms with E-state index in [0.29, 0.717) is 22.5 Å². The van der Waals surface area contributed by atoms with Crippen LogP contribution >= 0.6 is 0 Å². The summed E-state index contributed by atoms with van der Waals surface area (Å²) in [6.07, 6.45) is 13.6. The van der Waals surface area contributed by atoms with Gasteiger partial charge < -0.3 is 15.3 Å². The molecule has 3 rings (SSSR count). The van der Waals surface area contributed by atoms with Gasteiger partial charge in [0.1, 0.15) is 0 Å². The Morgan fingerprint density at radius 3 is 2.47 bits per heavy atom. The summed E-state index contributed by atoms with van der Waals surface area (Å²) in [5.41, 5.74) is 3.00. The Kier molecular flexibility index (Phi) is 7.78. The van der Waals surface area contributed by atoms with Crippen molar-refractivity contribution in [3.8, 4) is 0 Å². The minimum absolute atomic E-state index is 0.226. The molecule has 5 nitrogen and oxygen atoms in total. The first kappa shape index (κ1) is 25.6. The van der Waals surface area contributed by atoms with Crippen molar-refractivity contribution in [2.45, 2.75) is 103 Å². The average Bonchev–Trinajstić information content (AvgIpc) is 3.06. The predicted molar refractivity (Wildman–Crippen MR) is 126 cm³/mol. The molecule has 1 unspecified atom stereocenters. The molecule has 3 aliphatic rings. The molecule has 0 aliphatic heterocycles. The summed E-state index contributed by atoms with van der Waals surface area (Å²) in [7, 11) is 0. The molecule has 4 N–H and O–H groups in total. The molecule has 0 aromatic heterocycles. The molecule has 5 heteroatoms. The van der Waals surface area contributed by atoms with Gasteiger partial charge in [-0.25, -0.2) is 5.26 Å². The highest BCUT2D eigenvalue weighted by Crippen LogP contribution is 2.60. The second kappa shape index (κ2) is 9.71. The summed E-state index contributed by atoms with van der Waals surface area (Å²) < 4.78 is 0. The minimum atomic E-state index is -2.57. The molecule has 0 aromatic carbocycles. The molecule has 3 saturated carbocycles. The third-order valence-electron chi connectivity index (χ3n) is 8.79. The number of rotatable bonds is 7. The molecule has 182 valence electrons. The molecule has 3 aliphatic carbocycles. The Labute approximate surface area is 193 Å². The van der Waals surface area contributed by atoms with Gasteiger partial charge in [-0.15, -0.1) is 0 Å². The molecular weight excluding hydrogens is 404 g/mol. The first-order valence-electron chi connectivity index (χ1n) is 12.5. The zero-order chi connectivity index (χ0) is 23.7. The lowest BCUT2D eigenvalue weighted by atomic mass is 9.60. The number of hydrogen-bond donors (Lipinski definition) is 4. The minimum Gasteiger partial charge on any atom is -0.361 e. The van der Waals surface area contributed by atoms with Gasteiger partial charge in [-0.2, -0.15) is 4.89 Å². The van der Waals surface area contributed by atoms with E-state index in [4.69, 9.17) is 5.26 Å². The molecule has 0 heterocycles. The third kappa shape index (κ3) is 4.92. The summed E-state index contributed by atoms with van der Waals surface area (Å²) in [5.74, 6) is -2.17. The van der Waals surface area contributed by atoms with Gasteiger partial charge in [0.25, 0.3) is 5.79 Å². The SMILES string of the molecule is C=C1CC(O)(O)[C@](O)(OO)CC1=CC=C1CCC[C@@]2(C)C1CC[C@@H]2[C@H](C)CCCC(C)C. The molecule has 32 heavy (non-hydrogen) atoms. The second-order valence-corrected chi connectivity index (χ2v) is 11.5. The van der Waals surface area contributed by atoms with Gasteiger partial charge in [0, 0.05) is 12.8 Å². The fraction of sp³-hybridized carbons (Fsp3) is 0.778. The Morgan fingerprint density at radius 2 is 1.81 bits per heavy atom. The maximum atomic E-state index is 10.4. The Balaban J connectivity index is 1.75. The first-order chi connectivity index (χ1) is 14.9. The van der Waals surface area contributed by atoms with Crippen molar-refractivity contribution in [3.05, 3.63) is 35.5 Å². The van der Waals surface area contributed by atoms with Crippen LogP contribution in [0.2, 0.25) is 0 Å². The smallest absolute Gasteiger partial charge is 0.257 e. The molecule has 3 fully saturated rings. The van der Waals surface area contributed by atoms with Crippen LogP contribution in [0.5, 0.6) is 0 Å². The van der Waals surface area contributed by atoms with Crippen LogP contribution in [0.15, 0.2) is 35.5 Å². The highest BCUT2D eigenvalue weighted by Gasteiger charge is 2.55. The van der Waals surface area contributed by atoms with Crippen molar-refractivity contribution in [2.24, 2.45) is 29.1 Å². The van der Waals surface area contributed by atoms with E-state index >= 15 is 0 Å². The Hall–Kier alpha value is -0.980. The van der Waals surface area contributed by atoms with Gasteiger partial charge in [0.05, 0.1) is 0 Å². The van der Waals surface area contributed by atoms with Gasteiger partial charge in [0.2, 0.25) is 5.79 Å². The fourth-order valence-corrected chi connectivity index (χ4v) is 6.83. The van der Waals surface area contributed by atoms with Crippen LogP contribution in [0.3, 0.4) is 0 Å². The molecule has 5 atom stereocenters. The van der Waals surface area contributed by atoms with Crippen LogP contribution < -0.4 is 0 Å². The third-order valence-corrected chi connectivity index (χ3v) is 8.79. The number of allylic oxidation sites excluding steroid dienone is 3. The fourth-order valence-electron chi connectivity index (χ4n) is 6.83. The summed E-state index contributed by atoms with van der Waals surface area (Å²) in [4.78, 5) is 4.09. The normalized spacial score (nSPS) is 38.5. The summed E-state index contributed by atoms with van der Waals surface area (Å²) >= 11 is 0. The van der Waals surface area contributed by atoms with Crippen molar-refractivity contribution in [1.29, 1.82) is 0 Å². The highest BCUT2D eigenvalue weighted by atomic mass is 17.1. The van der Waals surface area contributed by atoms with Gasteiger partial charge in [-0.3, -0.25) is 0 Å². The monoisotopic (exact) mass is 448 g/mol. The maximum absolute atomic E-state index is 10.4. The topological polar surface area (TPSA) is 90.2 Å². The van der Waals surface area contributed by atoms with Crippen LogP contribution in [0.25, 0.3) is 0 Å². The quantitative estimate of drug-likeness (QED) is 0.227. The van der Waals surface area contributed by atoms with Crippen molar-refractivity contribution in [2.75, 3.05) is 0 Å². The van der Waals surface area contributed by atoms with Crippen molar-refractivity contribution >= 4 is 0 Å². The van der Waals surface area contributed by atoms with E-state index in [1.54, 1.807) is 0 Å². The molecule has 0 spiro atoms. The molecule has 0 amide bonds. The second-order valence-electron chi connectivity index (χ2n) is 11.5. The largest absolute Gasteiger partial charge is 0.361 e. The molecule has 0 bridgehead atoms. The van der Waals surface area contributed by atoms with Crippen LogP contribution in [-0.2, 0) is 4.89 Å². The van der Waals surface area contributed by atoms with E-state index in [1.807, 2.05) is 6.08 Å². The van der Waals surface area contributed by atoms with Crippen molar-refractivity contribution in [1.82, 2.24) is 0 Å². The van der Waals surface area contributed by atoms with E-state index in [1.165, 1.54) is 50.5 Å². The number of fused-ring (bicyclic) bond motifs is 1. The molecule has 0 radical (unpaired) electrons. The van der Waals surface area contributed by atoms with Crippen molar-refractivity contribution < 1.29 is 25.5 Å². The lowest BCUT2D eigenvalue weighted by Gasteiger charge is -2.44. The van der Waals surface area contributed by atoms with Crippen LogP contribution in [0, 0.1) is 29.1 Å². The zero-order valence-electron chi connectivity index (χ0n) is 20.4. The maximum Gasteiger partial charge on any atom is 0.257 e.